The van der Waals surface area contributed by atoms with Crippen molar-refractivity contribution >= 4 is 6.08 Å². The van der Waals surface area contributed by atoms with Crippen LogP contribution in [0.2, 0.25) is 0 Å². The first-order valence-corrected chi connectivity index (χ1v) is 7.06. The van der Waals surface area contributed by atoms with Crippen LogP contribution in [-0.4, -0.2) is 0 Å². The first-order valence-electron chi connectivity index (χ1n) is 7.06. The molecule has 0 nitrogen and oxygen atoms in total. The Morgan fingerprint density at radius 3 is 2.41 bits per heavy atom. The monoisotopic (exact) mass is 230 g/mol. The van der Waals surface area contributed by atoms with Crippen LogP contribution in [0.4, 0.5) is 0 Å². The van der Waals surface area contributed by atoms with E-state index in [-0.39, 0.29) is 0 Å². The zero-order valence-electron chi connectivity index (χ0n) is 11.5. The molecule has 94 valence electrons. The van der Waals surface area contributed by atoms with E-state index in [0.29, 0.717) is 0 Å². The zero-order valence-corrected chi connectivity index (χ0v) is 11.5. The third kappa shape index (κ3) is 4.38. The smallest absolute Gasteiger partial charge is 0.0228 e. The van der Waals surface area contributed by atoms with E-state index in [4.69, 9.17) is 0 Å². The van der Waals surface area contributed by atoms with Gasteiger partial charge in [-0.15, -0.1) is 0 Å². The van der Waals surface area contributed by atoms with Crippen LogP contribution >= 0.6 is 0 Å². The summed E-state index contributed by atoms with van der Waals surface area (Å²) in [5.41, 5.74) is 4.43. The van der Waals surface area contributed by atoms with Gasteiger partial charge in [0.2, 0.25) is 0 Å². The molecule has 0 radical (unpaired) electrons. The van der Waals surface area contributed by atoms with Crippen molar-refractivity contribution in [1.29, 1.82) is 0 Å². The highest BCUT2D eigenvalue weighted by Gasteiger charge is 2.05. The molecule has 0 aliphatic heterocycles. The Bertz CT molecular complexity index is 336. The van der Waals surface area contributed by atoms with Gasteiger partial charge in [-0.3, -0.25) is 0 Å². The quantitative estimate of drug-likeness (QED) is 0.524. The number of unbranched alkanes of at least 4 members (excludes halogenated alkanes) is 3. The van der Waals surface area contributed by atoms with Crippen LogP contribution in [-0.2, 0) is 12.8 Å². The molecule has 0 aromatic heterocycles. The van der Waals surface area contributed by atoms with Crippen molar-refractivity contribution in [2.75, 3.05) is 0 Å². The second-order valence-corrected chi connectivity index (χ2v) is 4.75. The van der Waals surface area contributed by atoms with Gasteiger partial charge < -0.3 is 0 Å². The van der Waals surface area contributed by atoms with Crippen molar-refractivity contribution in [2.45, 2.75) is 58.8 Å². The number of rotatable bonds is 8. The molecule has 0 N–H and O–H groups in total. The molecule has 0 heteroatoms. The first kappa shape index (κ1) is 14.0. The number of hydrogen-bond donors (Lipinski definition) is 0. The summed E-state index contributed by atoms with van der Waals surface area (Å²) in [6.45, 7) is 8.46. The molecule has 0 bridgehead atoms. The molecule has 0 aliphatic carbocycles. The number of benzene rings is 1. The Hall–Kier alpha value is -1.04. The van der Waals surface area contributed by atoms with Gasteiger partial charge in [0.1, 0.15) is 0 Å². The van der Waals surface area contributed by atoms with Gasteiger partial charge in [-0.05, 0) is 42.4 Å². The van der Waals surface area contributed by atoms with Crippen LogP contribution in [0.25, 0.3) is 6.08 Å². The minimum absolute atomic E-state index is 1.21. The lowest BCUT2D eigenvalue weighted by atomic mass is 9.93. The van der Waals surface area contributed by atoms with Crippen LogP contribution in [0.15, 0.2) is 24.8 Å². The van der Waals surface area contributed by atoms with Crippen molar-refractivity contribution in [1.82, 2.24) is 0 Å². The fraction of sp³-hybridized carbons (Fsp3) is 0.529. The lowest BCUT2D eigenvalue weighted by Gasteiger charge is -2.12. The largest absolute Gasteiger partial charge is 0.0985 e. The number of hydrogen-bond acceptors (Lipinski definition) is 0. The molecule has 0 saturated carbocycles. The van der Waals surface area contributed by atoms with E-state index in [1.807, 2.05) is 6.08 Å². The molecule has 0 heterocycles. The summed E-state index contributed by atoms with van der Waals surface area (Å²) in [6, 6.07) is 6.67. The maximum absolute atomic E-state index is 3.94. The van der Waals surface area contributed by atoms with Gasteiger partial charge in [-0.1, -0.05) is 64.0 Å². The molecule has 0 unspecified atom stereocenters. The highest BCUT2D eigenvalue weighted by molar-refractivity contribution is 5.54. The molecule has 0 fully saturated rings. The Morgan fingerprint density at radius 2 is 1.76 bits per heavy atom. The van der Waals surface area contributed by atoms with E-state index in [2.05, 4.69) is 38.6 Å². The van der Waals surface area contributed by atoms with E-state index in [0.717, 1.165) is 0 Å². The first-order chi connectivity index (χ1) is 8.33. The molecule has 0 spiro atoms. The summed E-state index contributed by atoms with van der Waals surface area (Å²) in [5.74, 6) is 0. The summed E-state index contributed by atoms with van der Waals surface area (Å²) in [4.78, 5) is 0. The standard InChI is InChI=1S/C17H26/c1-4-7-9-11-16-13-10-12-15(6-3)17(16)14-8-5-2/h6,10,12-13H,3-5,7-9,11,14H2,1-2H3. The van der Waals surface area contributed by atoms with E-state index < -0.39 is 0 Å². The van der Waals surface area contributed by atoms with Gasteiger partial charge >= 0.3 is 0 Å². The van der Waals surface area contributed by atoms with Crippen molar-refractivity contribution in [3.05, 3.63) is 41.5 Å². The molecular weight excluding hydrogens is 204 g/mol. The average Bonchev–Trinajstić information content (AvgIpc) is 2.37. The fourth-order valence-corrected chi connectivity index (χ4v) is 2.30. The molecular formula is C17H26. The Morgan fingerprint density at radius 1 is 1.00 bits per heavy atom. The molecule has 1 aromatic carbocycles. The predicted molar refractivity (Wildman–Crippen MR) is 78.4 cm³/mol. The molecule has 0 amide bonds. The van der Waals surface area contributed by atoms with E-state index >= 15 is 0 Å². The summed E-state index contributed by atoms with van der Waals surface area (Å²) in [5, 5.41) is 0. The average molecular weight is 230 g/mol. The van der Waals surface area contributed by atoms with E-state index in [9.17, 15) is 0 Å². The second kappa shape index (κ2) is 8.11. The minimum Gasteiger partial charge on any atom is -0.0985 e. The third-order valence-electron chi connectivity index (χ3n) is 3.36. The molecule has 0 saturated heterocycles. The SMILES string of the molecule is C=Cc1cccc(CCCCC)c1CCCC. The third-order valence-corrected chi connectivity index (χ3v) is 3.36. The normalized spacial score (nSPS) is 10.5. The number of aryl methyl sites for hydroxylation is 1. The minimum atomic E-state index is 1.21. The Balaban J connectivity index is 2.81. The summed E-state index contributed by atoms with van der Waals surface area (Å²) in [7, 11) is 0. The predicted octanol–water partition coefficient (Wildman–Crippen LogP) is 5.40. The van der Waals surface area contributed by atoms with Crippen molar-refractivity contribution < 1.29 is 0 Å². The Labute approximate surface area is 107 Å². The van der Waals surface area contributed by atoms with Crippen LogP contribution in [0.5, 0.6) is 0 Å². The molecule has 1 aromatic rings. The van der Waals surface area contributed by atoms with Crippen molar-refractivity contribution in [3.63, 3.8) is 0 Å². The van der Waals surface area contributed by atoms with Gasteiger partial charge in [0.15, 0.2) is 0 Å². The summed E-state index contributed by atoms with van der Waals surface area (Å²) < 4.78 is 0. The lowest BCUT2D eigenvalue weighted by molar-refractivity contribution is 0.707. The van der Waals surface area contributed by atoms with E-state index in [1.54, 1.807) is 11.1 Å². The van der Waals surface area contributed by atoms with Crippen LogP contribution in [0.3, 0.4) is 0 Å². The maximum atomic E-state index is 3.94. The van der Waals surface area contributed by atoms with Gasteiger partial charge in [0.05, 0.1) is 0 Å². The van der Waals surface area contributed by atoms with Crippen LogP contribution in [0, 0.1) is 0 Å². The van der Waals surface area contributed by atoms with Crippen molar-refractivity contribution in [2.24, 2.45) is 0 Å². The highest BCUT2D eigenvalue weighted by atomic mass is 14.1. The highest BCUT2D eigenvalue weighted by Crippen LogP contribution is 2.21. The molecule has 17 heavy (non-hydrogen) atoms. The maximum Gasteiger partial charge on any atom is -0.0228 e. The lowest BCUT2D eigenvalue weighted by Crippen LogP contribution is -1.98. The van der Waals surface area contributed by atoms with Gasteiger partial charge in [0.25, 0.3) is 0 Å². The topological polar surface area (TPSA) is 0 Å². The Kier molecular flexibility index (Phi) is 6.69. The van der Waals surface area contributed by atoms with Crippen LogP contribution in [0.1, 0.15) is 62.6 Å². The van der Waals surface area contributed by atoms with E-state index in [1.165, 1.54) is 50.5 Å². The molecule has 1 rings (SSSR count). The van der Waals surface area contributed by atoms with Gasteiger partial charge in [0, 0.05) is 0 Å². The molecule has 0 atom stereocenters. The van der Waals surface area contributed by atoms with Gasteiger partial charge in [-0.25, -0.2) is 0 Å². The van der Waals surface area contributed by atoms with Gasteiger partial charge in [-0.2, -0.15) is 0 Å². The fourth-order valence-electron chi connectivity index (χ4n) is 2.30. The summed E-state index contributed by atoms with van der Waals surface area (Å²) >= 11 is 0. The van der Waals surface area contributed by atoms with Crippen molar-refractivity contribution in [3.8, 4) is 0 Å². The summed E-state index contributed by atoms with van der Waals surface area (Å²) in [6.07, 6.45) is 10.9. The van der Waals surface area contributed by atoms with Crippen LogP contribution < -0.4 is 0 Å². The zero-order chi connectivity index (χ0) is 12.5. The molecule has 0 aliphatic rings. The second-order valence-electron chi connectivity index (χ2n) is 4.75.